The van der Waals surface area contributed by atoms with Gasteiger partial charge in [0.15, 0.2) is 5.82 Å². The maximum atomic E-state index is 5.67. The smallest absolute Gasteiger partial charge is 0.160 e. The van der Waals surface area contributed by atoms with Crippen LogP contribution >= 0.6 is 0 Å². The Morgan fingerprint density at radius 1 is 1.29 bits per heavy atom. The molecule has 0 spiro atoms. The number of aromatic nitrogens is 2. The third-order valence-electron chi connectivity index (χ3n) is 4.07. The van der Waals surface area contributed by atoms with Gasteiger partial charge in [0.1, 0.15) is 5.60 Å². The summed E-state index contributed by atoms with van der Waals surface area (Å²) in [5.74, 6) is 0.908. The highest BCUT2D eigenvalue weighted by molar-refractivity contribution is 5.31. The van der Waals surface area contributed by atoms with Crippen LogP contribution in [0.15, 0.2) is 0 Å². The molecule has 0 atom stereocenters. The molecule has 2 aliphatic rings. The fourth-order valence-corrected chi connectivity index (χ4v) is 2.75. The molecule has 1 saturated carbocycles. The third kappa shape index (κ3) is 1.58. The number of methoxy groups -OCH3 is 1. The number of hydrogen-bond donors (Lipinski definition) is 1. The first-order chi connectivity index (χ1) is 8.29. The van der Waals surface area contributed by atoms with E-state index in [1.54, 1.807) is 7.11 Å². The van der Waals surface area contributed by atoms with Crippen molar-refractivity contribution in [1.29, 1.82) is 0 Å². The van der Waals surface area contributed by atoms with Crippen LogP contribution in [-0.2, 0) is 29.8 Å². The van der Waals surface area contributed by atoms with Crippen LogP contribution in [0.1, 0.15) is 49.0 Å². The minimum absolute atomic E-state index is 0.193. The van der Waals surface area contributed by atoms with Gasteiger partial charge in [-0.1, -0.05) is 6.92 Å². The summed E-state index contributed by atoms with van der Waals surface area (Å²) in [6.07, 6.45) is 4.30. The van der Waals surface area contributed by atoms with Gasteiger partial charge in [-0.25, -0.2) is 9.97 Å². The zero-order valence-electron chi connectivity index (χ0n) is 10.5. The van der Waals surface area contributed by atoms with E-state index in [1.165, 1.54) is 23.4 Å². The van der Waals surface area contributed by atoms with E-state index in [0.29, 0.717) is 0 Å². The molecule has 0 aromatic carbocycles. The highest BCUT2D eigenvalue weighted by atomic mass is 16.5. The van der Waals surface area contributed by atoms with E-state index in [9.17, 15) is 0 Å². The first-order valence-electron chi connectivity index (χ1n) is 6.44. The standard InChI is InChI=1S/C13H19N3O/c1-3-10-9-7-14-8-11(9)16-12(15-10)13(17-2)5-4-6-13/h14H,3-8H2,1-2H3. The average molecular weight is 233 g/mol. The van der Waals surface area contributed by atoms with Crippen LogP contribution in [0.4, 0.5) is 0 Å². The van der Waals surface area contributed by atoms with Crippen molar-refractivity contribution in [2.45, 2.75) is 51.3 Å². The quantitative estimate of drug-likeness (QED) is 0.862. The largest absolute Gasteiger partial charge is 0.370 e. The molecule has 92 valence electrons. The summed E-state index contributed by atoms with van der Waals surface area (Å²) in [5, 5.41) is 3.35. The van der Waals surface area contributed by atoms with Crippen LogP contribution in [0.3, 0.4) is 0 Å². The van der Waals surface area contributed by atoms with Crippen LogP contribution in [0, 0.1) is 0 Å². The van der Waals surface area contributed by atoms with Crippen LogP contribution in [0.25, 0.3) is 0 Å². The summed E-state index contributed by atoms with van der Waals surface area (Å²) < 4.78 is 5.67. The number of rotatable bonds is 3. The molecule has 0 radical (unpaired) electrons. The topological polar surface area (TPSA) is 47.0 Å². The molecule has 4 heteroatoms. The molecule has 1 aromatic heterocycles. The van der Waals surface area contributed by atoms with Crippen LogP contribution < -0.4 is 5.32 Å². The van der Waals surface area contributed by atoms with Gasteiger partial charge in [0, 0.05) is 31.5 Å². The van der Waals surface area contributed by atoms with Crippen molar-refractivity contribution in [3.63, 3.8) is 0 Å². The molecule has 0 saturated heterocycles. The first kappa shape index (κ1) is 11.1. The molecule has 0 bridgehead atoms. The minimum atomic E-state index is -0.193. The molecule has 2 heterocycles. The molecular formula is C13H19N3O. The van der Waals surface area contributed by atoms with E-state index in [0.717, 1.165) is 38.2 Å². The van der Waals surface area contributed by atoms with Crippen LogP contribution in [0.2, 0.25) is 0 Å². The Labute approximate surface area is 102 Å². The van der Waals surface area contributed by atoms with Crippen LogP contribution in [-0.4, -0.2) is 17.1 Å². The van der Waals surface area contributed by atoms with E-state index >= 15 is 0 Å². The fourth-order valence-electron chi connectivity index (χ4n) is 2.75. The SMILES string of the molecule is CCc1nc(C2(OC)CCC2)nc2c1CNC2. The lowest BCUT2D eigenvalue weighted by Crippen LogP contribution is -2.38. The first-order valence-corrected chi connectivity index (χ1v) is 6.44. The van der Waals surface area contributed by atoms with Crippen molar-refractivity contribution >= 4 is 0 Å². The lowest BCUT2D eigenvalue weighted by molar-refractivity contribution is -0.0849. The van der Waals surface area contributed by atoms with Gasteiger partial charge in [-0.15, -0.1) is 0 Å². The van der Waals surface area contributed by atoms with Crippen molar-refractivity contribution in [2.75, 3.05) is 7.11 Å². The number of aryl methyl sites for hydroxylation is 1. The molecule has 1 fully saturated rings. The highest BCUT2D eigenvalue weighted by Gasteiger charge is 2.42. The number of fused-ring (bicyclic) bond motifs is 1. The van der Waals surface area contributed by atoms with E-state index < -0.39 is 0 Å². The second-order valence-corrected chi connectivity index (χ2v) is 4.93. The van der Waals surface area contributed by atoms with Gasteiger partial charge in [-0.2, -0.15) is 0 Å². The summed E-state index contributed by atoms with van der Waals surface area (Å²) >= 11 is 0. The van der Waals surface area contributed by atoms with E-state index in [4.69, 9.17) is 14.7 Å². The van der Waals surface area contributed by atoms with Gasteiger partial charge in [0.2, 0.25) is 0 Å². The Kier molecular flexibility index (Phi) is 2.64. The second-order valence-electron chi connectivity index (χ2n) is 4.93. The highest BCUT2D eigenvalue weighted by Crippen LogP contribution is 2.43. The molecule has 1 aliphatic heterocycles. The van der Waals surface area contributed by atoms with Gasteiger partial charge in [0.25, 0.3) is 0 Å². The summed E-state index contributed by atoms with van der Waals surface area (Å²) in [5.41, 5.74) is 3.48. The number of nitrogens with one attached hydrogen (secondary N) is 1. The lowest BCUT2D eigenvalue weighted by atomic mass is 9.79. The van der Waals surface area contributed by atoms with Gasteiger partial charge in [-0.05, 0) is 25.7 Å². The Morgan fingerprint density at radius 3 is 2.71 bits per heavy atom. The molecule has 1 aliphatic carbocycles. The zero-order valence-corrected chi connectivity index (χ0v) is 10.5. The van der Waals surface area contributed by atoms with Crippen molar-refractivity contribution < 1.29 is 4.74 Å². The zero-order chi connectivity index (χ0) is 11.9. The number of ether oxygens (including phenoxy) is 1. The van der Waals surface area contributed by atoms with E-state index in [2.05, 4.69) is 12.2 Å². The predicted molar refractivity (Wildman–Crippen MR) is 64.5 cm³/mol. The average Bonchev–Trinajstić information content (AvgIpc) is 2.75. The lowest BCUT2D eigenvalue weighted by Gasteiger charge is -2.39. The molecule has 4 nitrogen and oxygen atoms in total. The van der Waals surface area contributed by atoms with E-state index in [1.807, 2.05) is 0 Å². The predicted octanol–water partition coefficient (Wildman–Crippen LogP) is 1.67. The van der Waals surface area contributed by atoms with E-state index in [-0.39, 0.29) is 5.60 Å². The Bertz CT molecular complexity index is 435. The molecule has 0 amide bonds. The molecule has 0 unspecified atom stereocenters. The maximum Gasteiger partial charge on any atom is 0.160 e. The van der Waals surface area contributed by atoms with Gasteiger partial charge in [0.05, 0.1) is 5.69 Å². The van der Waals surface area contributed by atoms with Gasteiger partial charge >= 0.3 is 0 Å². The van der Waals surface area contributed by atoms with Crippen molar-refractivity contribution in [3.05, 3.63) is 22.8 Å². The molecule has 1 N–H and O–H groups in total. The van der Waals surface area contributed by atoms with Crippen molar-refractivity contribution in [3.8, 4) is 0 Å². The summed E-state index contributed by atoms with van der Waals surface area (Å²) in [6, 6.07) is 0. The minimum Gasteiger partial charge on any atom is -0.370 e. The Balaban J connectivity index is 2.06. The molecular weight excluding hydrogens is 214 g/mol. The molecule has 17 heavy (non-hydrogen) atoms. The normalized spacial score (nSPS) is 21.1. The summed E-state index contributed by atoms with van der Waals surface area (Å²) in [6.45, 7) is 3.95. The van der Waals surface area contributed by atoms with Gasteiger partial charge in [-0.3, -0.25) is 0 Å². The molecule has 1 aromatic rings. The Hall–Kier alpha value is -1.00. The Morgan fingerprint density at radius 2 is 2.12 bits per heavy atom. The summed E-state index contributed by atoms with van der Waals surface area (Å²) in [7, 11) is 1.78. The van der Waals surface area contributed by atoms with Gasteiger partial charge < -0.3 is 10.1 Å². The van der Waals surface area contributed by atoms with Crippen molar-refractivity contribution in [1.82, 2.24) is 15.3 Å². The van der Waals surface area contributed by atoms with Crippen LogP contribution in [0.5, 0.6) is 0 Å². The number of hydrogen-bond acceptors (Lipinski definition) is 4. The summed E-state index contributed by atoms with van der Waals surface area (Å²) in [4.78, 5) is 9.48. The number of nitrogens with zero attached hydrogens (tertiary/aromatic N) is 2. The monoisotopic (exact) mass is 233 g/mol. The molecule has 3 rings (SSSR count). The second kappa shape index (κ2) is 4.03. The maximum absolute atomic E-state index is 5.67. The fraction of sp³-hybridized carbons (Fsp3) is 0.692. The third-order valence-corrected chi connectivity index (χ3v) is 4.07. The van der Waals surface area contributed by atoms with Crippen molar-refractivity contribution in [2.24, 2.45) is 0 Å².